The highest BCUT2D eigenvalue weighted by Gasteiger charge is 2.15. The van der Waals surface area contributed by atoms with Crippen LogP contribution in [0.1, 0.15) is 46.0 Å². The molecule has 6 heteroatoms. The molecule has 118 valence electrons. The topological polar surface area (TPSA) is 41.1 Å². The highest BCUT2D eigenvalue weighted by molar-refractivity contribution is 5.89. The van der Waals surface area contributed by atoms with Crippen molar-refractivity contribution in [3.8, 4) is 0 Å². The van der Waals surface area contributed by atoms with Gasteiger partial charge in [-0.05, 0) is 25.5 Å². The number of urea groups is 1. The Morgan fingerprint density at radius 2 is 1.86 bits per heavy atom. The number of rotatable bonds is 7. The van der Waals surface area contributed by atoms with Crippen molar-refractivity contribution < 1.29 is 18.0 Å². The lowest BCUT2D eigenvalue weighted by atomic mass is 10.1. The molecule has 0 saturated heterocycles. The molecule has 2 amide bonds. The maximum absolute atomic E-state index is 13.4. The number of anilines is 1. The van der Waals surface area contributed by atoms with Crippen molar-refractivity contribution in [2.75, 3.05) is 5.32 Å². The van der Waals surface area contributed by atoms with Gasteiger partial charge in [-0.25, -0.2) is 18.0 Å². The summed E-state index contributed by atoms with van der Waals surface area (Å²) in [5.74, 6) is -4.29. The molecule has 1 unspecified atom stereocenters. The highest BCUT2D eigenvalue weighted by Crippen LogP contribution is 2.19. The molecular weight excluding hydrogens is 281 g/mol. The molecular formula is C15H21F3N2O. The largest absolute Gasteiger partial charge is 0.335 e. The molecule has 0 radical (unpaired) electrons. The van der Waals surface area contributed by atoms with Gasteiger partial charge in [-0.15, -0.1) is 0 Å². The van der Waals surface area contributed by atoms with Crippen molar-refractivity contribution >= 4 is 11.7 Å². The number of hydrogen-bond donors (Lipinski definition) is 2. The van der Waals surface area contributed by atoms with E-state index in [0.29, 0.717) is 0 Å². The summed E-state index contributed by atoms with van der Waals surface area (Å²) < 4.78 is 39.2. The molecule has 1 aromatic carbocycles. The molecule has 0 heterocycles. The number of benzene rings is 1. The first kappa shape index (κ1) is 17.3. The van der Waals surface area contributed by atoms with Gasteiger partial charge in [-0.3, -0.25) is 0 Å². The van der Waals surface area contributed by atoms with E-state index >= 15 is 0 Å². The van der Waals surface area contributed by atoms with E-state index in [4.69, 9.17) is 0 Å². The van der Waals surface area contributed by atoms with Gasteiger partial charge in [-0.1, -0.05) is 32.6 Å². The van der Waals surface area contributed by atoms with Crippen LogP contribution in [0.5, 0.6) is 0 Å². The van der Waals surface area contributed by atoms with Gasteiger partial charge in [0.25, 0.3) is 0 Å². The summed E-state index contributed by atoms with van der Waals surface area (Å²) in [4.78, 5) is 11.7. The smallest absolute Gasteiger partial charge is 0.319 e. The third-order valence-electron chi connectivity index (χ3n) is 3.15. The highest BCUT2D eigenvalue weighted by atomic mass is 19.2. The van der Waals surface area contributed by atoms with E-state index < -0.39 is 23.5 Å². The lowest BCUT2D eigenvalue weighted by molar-refractivity contribution is 0.248. The van der Waals surface area contributed by atoms with Crippen LogP contribution < -0.4 is 10.6 Å². The predicted octanol–water partition coefficient (Wildman–Crippen LogP) is 4.58. The Balaban J connectivity index is 2.45. The first-order valence-electron chi connectivity index (χ1n) is 7.16. The molecule has 1 rings (SSSR count). The second-order valence-electron chi connectivity index (χ2n) is 5.07. The van der Waals surface area contributed by atoms with Crippen LogP contribution in [0.2, 0.25) is 0 Å². The van der Waals surface area contributed by atoms with Crippen LogP contribution in [0.4, 0.5) is 23.7 Å². The van der Waals surface area contributed by atoms with E-state index in [2.05, 4.69) is 17.6 Å². The quantitative estimate of drug-likeness (QED) is 0.561. The Labute approximate surface area is 122 Å². The number of carbonyl (C=O) groups is 1. The van der Waals surface area contributed by atoms with Crippen LogP contribution in [-0.4, -0.2) is 12.1 Å². The average molecular weight is 302 g/mol. The van der Waals surface area contributed by atoms with E-state index in [9.17, 15) is 18.0 Å². The summed E-state index contributed by atoms with van der Waals surface area (Å²) in [7, 11) is 0. The molecule has 0 spiro atoms. The van der Waals surface area contributed by atoms with Gasteiger partial charge >= 0.3 is 6.03 Å². The first-order valence-corrected chi connectivity index (χ1v) is 7.16. The van der Waals surface area contributed by atoms with Crippen LogP contribution >= 0.6 is 0 Å². The summed E-state index contributed by atoms with van der Waals surface area (Å²) in [5.41, 5.74) is -0.385. The Hall–Kier alpha value is -1.72. The van der Waals surface area contributed by atoms with Crippen LogP contribution in [-0.2, 0) is 0 Å². The minimum atomic E-state index is -1.60. The number of halogens is 3. The molecule has 0 bridgehead atoms. The van der Waals surface area contributed by atoms with E-state index in [1.165, 1.54) is 0 Å². The molecule has 0 aliphatic carbocycles. The lowest BCUT2D eigenvalue weighted by Crippen LogP contribution is -2.36. The monoisotopic (exact) mass is 302 g/mol. The van der Waals surface area contributed by atoms with Crippen molar-refractivity contribution in [2.24, 2.45) is 0 Å². The first-order chi connectivity index (χ1) is 9.95. The molecule has 21 heavy (non-hydrogen) atoms. The van der Waals surface area contributed by atoms with Gasteiger partial charge in [-0.2, -0.15) is 0 Å². The van der Waals surface area contributed by atoms with Crippen LogP contribution in [0.25, 0.3) is 0 Å². The maximum Gasteiger partial charge on any atom is 0.319 e. The van der Waals surface area contributed by atoms with Crippen LogP contribution in [0.15, 0.2) is 12.1 Å². The summed E-state index contributed by atoms with van der Waals surface area (Å²) in [5, 5.41) is 4.81. The van der Waals surface area contributed by atoms with Gasteiger partial charge in [0.05, 0.1) is 5.69 Å². The fraction of sp³-hybridized carbons (Fsp3) is 0.533. The Morgan fingerprint density at radius 3 is 2.52 bits per heavy atom. The van der Waals surface area contributed by atoms with Crippen LogP contribution in [0, 0.1) is 17.5 Å². The van der Waals surface area contributed by atoms with Crippen molar-refractivity contribution in [3.05, 3.63) is 29.6 Å². The number of unbranched alkanes of at least 4 members (excludes halogenated alkanes) is 3. The number of carbonyl (C=O) groups excluding carboxylic acids is 1. The molecule has 1 aromatic rings. The number of amides is 2. The molecule has 1 atom stereocenters. The molecule has 3 nitrogen and oxygen atoms in total. The van der Waals surface area contributed by atoms with Crippen molar-refractivity contribution in [3.63, 3.8) is 0 Å². The lowest BCUT2D eigenvalue weighted by Gasteiger charge is -2.15. The maximum atomic E-state index is 13.4. The number of hydrogen-bond acceptors (Lipinski definition) is 1. The summed E-state index contributed by atoms with van der Waals surface area (Å²) in [6.07, 6.45) is 5.20. The molecule has 0 fully saturated rings. The molecule has 0 saturated carbocycles. The van der Waals surface area contributed by atoms with Crippen molar-refractivity contribution in [2.45, 2.75) is 52.0 Å². The van der Waals surface area contributed by atoms with E-state index in [0.717, 1.165) is 44.2 Å². The zero-order chi connectivity index (χ0) is 15.8. The van der Waals surface area contributed by atoms with Gasteiger partial charge in [0.15, 0.2) is 17.5 Å². The van der Waals surface area contributed by atoms with Crippen molar-refractivity contribution in [1.82, 2.24) is 5.32 Å². The predicted molar refractivity (Wildman–Crippen MR) is 76.7 cm³/mol. The summed E-state index contributed by atoms with van der Waals surface area (Å²) in [6, 6.07) is 1.04. The Morgan fingerprint density at radius 1 is 1.14 bits per heavy atom. The van der Waals surface area contributed by atoms with E-state index in [-0.39, 0.29) is 11.7 Å². The van der Waals surface area contributed by atoms with E-state index in [1.807, 2.05) is 6.92 Å². The van der Waals surface area contributed by atoms with Gasteiger partial charge in [0.1, 0.15) is 0 Å². The fourth-order valence-electron chi connectivity index (χ4n) is 1.95. The molecule has 0 aliphatic rings. The second-order valence-corrected chi connectivity index (χ2v) is 5.07. The molecule has 0 aliphatic heterocycles. The van der Waals surface area contributed by atoms with Crippen molar-refractivity contribution in [1.29, 1.82) is 0 Å². The fourth-order valence-corrected chi connectivity index (χ4v) is 1.95. The Kier molecular flexibility index (Phi) is 7.05. The third kappa shape index (κ3) is 5.65. The minimum Gasteiger partial charge on any atom is -0.335 e. The zero-order valence-electron chi connectivity index (χ0n) is 12.3. The second kappa shape index (κ2) is 8.54. The molecule has 2 N–H and O–H groups in total. The molecule has 0 aromatic heterocycles. The van der Waals surface area contributed by atoms with Crippen LogP contribution in [0.3, 0.4) is 0 Å². The standard InChI is InChI=1S/C15H21F3N2O/c1-3-4-5-6-7-10(2)19-15(21)20-12-9-8-11(16)13(17)14(12)18/h8-10H,3-7H2,1-2H3,(H2,19,20,21). The summed E-state index contributed by atoms with van der Waals surface area (Å²) in [6.45, 7) is 3.96. The zero-order valence-corrected chi connectivity index (χ0v) is 12.3. The van der Waals surface area contributed by atoms with Gasteiger partial charge in [0, 0.05) is 6.04 Å². The van der Waals surface area contributed by atoms with Gasteiger partial charge in [0.2, 0.25) is 0 Å². The minimum absolute atomic E-state index is 0.0739. The summed E-state index contributed by atoms with van der Waals surface area (Å²) >= 11 is 0. The normalized spacial score (nSPS) is 12.0. The average Bonchev–Trinajstić information content (AvgIpc) is 2.44. The van der Waals surface area contributed by atoms with E-state index in [1.54, 1.807) is 0 Å². The number of nitrogens with one attached hydrogen (secondary N) is 2. The SMILES string of the molecule is CCCCCCC(C)NC(=O)Nc1ccc(F)c(F)c1F. The Bertz CT molecular complexity index is 480. The van der Waals surface area contributed by atoms with Gasteiger partial charge < -0.3 is 10.6 Å². The third-order valence-corrected chi connectivity index (χ3v) is 3.15.